The normalized spacial score (nSPS) is 13.7. The molecule has 1 unspecified atom stereocenters. The van der Waals surface area contributed by atoms with Gasteiger partial charge in [0.2, 0.25) is 10.0 Å². The Morgan fingerprint density at radius 2 is 2.33 bits per heavy atom. The molecular formula is C7H13N5O2S. The number of aromatic amines is 1. The van der Waals surface area contributed by atoms with Crippen LogP contribution in [-0.4, -0.2) is 30.5 Å². The van der Waals surface area contributed by atoms with E-state index in [0.717, 1.165) is 0 Å². The molecule has 0 saturated carbocycles. The molecule has 1 aromatic rings. The monoisotopic (exact) mass is 231 g/mol. The number of hydrogen-bond acceptors (Lipinski definition) is 4. The highest BCUT2D eigenvalue weighted by Gasteiger charge is 2.21. The van der Waals surface area contributed by atoms with Crippen molar-refractivity contribution in [3.05, 3.63) is 11.9 Å². The van der Waals surface area contributed by atoms with E-state index in [0.29, 0.717) is 5.69 Å². The van der Waals surface area contributed by atoms with E-state index in [1.165, 1.54) is 13.1 Å². The summed E-state index contributed by atoms with van der Waals surface area (Å²) in [6.07, 6.45) is 1.21. The SMILES string of the molecule is Cc1[nH]ncc1S(=O)(=O)NC(C)C(=N)N. The maximum atomic E-state index is 11.7. The van der Waals surface area contributed by atoms with Crippen molar-refractivity contribution in [3.8, 4) is 0 Å². The lowest BCUT2D eigenvalue weighted by Crippen LogP contribution is -2.41. The predicted octanol–water partition coefficient (Wildman–Crippen LogP) is -0.679. The third-order valence-corrected chi connectivity index (χ3v) is 3.53. The summed E-state index contributed by atoms with van der Waals surface area (Å²) in [7, 11) is -3.66. The van der Waals surface area contributed by atoms with Crippen LogP contribution in [0.4, 0.5) is 0 Å². The van der Waals surface area contributed by atoms with Gasteiger partial charge in [0, 0.05) is 0 Å². The highest BCUT2D eigenvalue weighted by atomic mass is 32.2. The van der Waals surface area contributed by atoms with Gasteiger partial charge in [-0.1, -0.05) is 0 Å². The Hall–Kier alpha value is -1.41. The smallest absolute Gasteiger partial charge is 0.244 e. The van der Waals surface area contributed by atoms with Crippen LogP contribution in [0, 0.1) is 12.3 Å². The molecular weight excluding hydrogens is 218 g/mol. The van der Waals surface area contributed by atoms with E-state index >= 15 is 0 Å². The molecule has 1 aromatic heterocycles. The molecule has 0 aliphatic rings. The summed E-state index contributed by atoms with van der Waals surface area (Å²) < 4.78 is 25.7. The molecule has 0 aromatic carbocycles. The number of rotatable bonds is 4. The van der Waals surface area contributed by atoms with Crippen LogP contribution >= 0.6 is 0 Å². The summed E-state index contributed by atoms with van der Waals surface area (Å²) in [5.41, 5.74) is 5.61. The summed E-state index contributed by atoms with van der Waals surface area (Å²) in [6, 6.07) is -0.732. The fourth-order valence-electron chi connectivity index (χ4n) is 0.970. The predicted molar refractivity (Wildman–Crippen MR) is 55.0 cm³/mol. The fraction of sp³-hybridized carbons (Fsp3) is 0.429. The molecule has 1 rings (SSSR count). The zero-order valence-electron chi connectivity index (χ0n) is 8.40. The van der Waals surface area contributed by atoms with Crippen molar-refractivity contribution in [1.82, 2.24) is 14.9 Å². The number of nitrogens with zero attached hydrogens (tertiary/aromatic N) is 1. The number of aromatic nitrogens is 2. The third-order valence-electron chi connectivity index (χ3n) is 1.87. The van der Waals surface area contributed by atoms with Crippen molar-refractivity contribution in [2.45, 2.75) is 24.8 Å². The van der Waals surface area contributed by atoms with Crippen LogP contribution < -0.4 is 10.5 Å². The van der Waals surface area contributed by atoms with Gasteiger partial charge in [-0.3, -0.25) is 10.5 Å². The summed E-state index contributed by atoms with van der Waals surface area (Å²) in [6.45, 7) is 3.09. The summed E-state index contributed by atoms with van der Waals surface area (Å²) in [5, 5.41) is 13.2. The van der Waals surface area contributed by atoms with E-state index in [2.05, 4.69) is 14.9 Å². The summed E-state index contributed by atoms with van der Waals surface area (Å²) >= 11 is 0. The number of hydrogen-bond donors (Lipinski definition) is 4. The molecule has 15 heavy (non-hydrogen) atoms. The van der Waals surface area contributed by atoms with Crippen LogP contribution in [0.15, 0.2) is 11.1 Å². The Labute approximate surface area is 87.6 Å². The van der Waals surface area contributed by atoms with Gasteiger partial charge in [-0.25, -0.2) is 13.1 Å². The van der Waals surface area contributed by atoms with Gasteiger partial charge >= 0.3 is 0 Å². The molecule has 0 bridgehead atoms. The lowest BCUT2D eigenvalue weighted by Gasteiger charge is -2.11. The first kappa shape index (κ1) is 11.7. The first-order valence-electron chi connectivity index (χ1n) is 4.21. The van der Waals surface area contributed by atoms with Crippen LogP contribution in [0.2, 0.25) is 0 Å². The third kappa shape index (κ3) is 2.54. The largest absolute Gasteiger partial charge is 0.386 e. The van der Waals surface area contributed by atoms with E-state index in [1.807, 2.05) is 0 Å². The maximum Gasteiger partial charge on any atom is 0.244 e. The molecule has 7 nitrogen and oxygen atoms in total. The number of aryl methyl sites for hydroxylation is 1. The fourth-order valence-corrected chi connectivity index (χ4v) is 2.33. The zero-order chi connectivity index (χ0) is 11.6. The second-order valence-corrected chi connectivity index (χ2v) is 4.84. The van der Waals surface area contributed by atoms with Crippen molar-refractivity contribution >= 4 is 15.9 Å². The van der Waals surface area contributed by atoms with Crippen molar-refractivity contribution < 1.29 is 8.42 Å². The number of sulfonamides is 1. The minimum atomic E-state index is -3.66. The topological polar surface area (TPSA) is 125 Å². The van der Waals surface area contributed by atoms with Gasteiger partial charge in [0.25, 0.3) is 0 Å². The number of amidine groups is 1. The van der Waals surface area contributed by atoms with E-state index < -0.39 is 16.1 Å². The van der Waals surface area contributed by atoms with Gasteiger partial charge in [0.15, 0.2) is 0 Å². The quantitative estimate of drug-likeness (QED) is 0.404. The van der Waals surface area contributed by atoms with Gasteiger partial charge in [-0.2, -0.15) is 5.10 Å². The number of nitrogens with one attached hydrogen (secondary N) is 3. The highest BCUT2D eigenvalue weighted by molar-refractivity contribution is 7.89. The molecule has 0 saturated heterocycles. The van der Waals surface area contributed by atoms with Gasteiger partial charge in [0.1, 0.15) is 10.7 Å². The van der Waals surface area contributed by atoms with E-state index in [9.17, 15) is 8.42 Å². The number of nitrogens with two attached hydrogens (primary N) is 1. The molecule has 0 amide bonds. The second-order valence-electron chi connectivity index (χ2n) is 3.16. The lowest BCUT2D eigenvalue weighted by atomic mass is 10.3. The molecule has 0 radical (unpaired) electrons. The van der Waals surface area contributed by atoms with Crippen molar-refractivity contribution in [2.75, 3.05) is 0 Å². The number of H-pyrrole nitrogens is 1. The van der Waals surface area contributed by atoms with Gasteiger partial charge in [-0.15, -0.1) is 0 Å². The Morgan fingerprint density at radius 3 is 2.73 bits per heavy atom. The minimum absolute atomic E-state index is 0.0654. The molecule has 0 aliphatic carbocycles. The molecule has 0 aliphatic heterocycles. The minimum Gasteiger partial charge on any atom is -0.386 e. The Kier molecular flexibility index (Phi) is 3.10. The molecule has 0 fully saturated rings. The van der Waals surface area contributed by atoms with Crippen LogP contribution in [0.1, 0.15) is 12.6 Å². The second kappa shape index (κ2) is 3.99. The Bertz CT molecular complexity index is 463. The van der Waals surface area contributed by atoms with Crippen LogP contribution in [0.5, 0.6) is 0 Å². The van der Waals surface area contributed by atoms with E-state index in [-0.39, 0.29) is 10.7 Å². The van der Waals surface area contributed by atoms with Gasteiger partial charge in [-0.05, 0) is 13.8 Å². The van der Waals surface area contributed by atoms with E-state index in [1.54, 1.807) is 6.92 Å². The molecule has 84 valence electrons. The highest BCUT2D eigenvalue weighted by Crippen LogP contribution is 2.10. The maximum absolute atomic E-state index is 11.7. The summed E-state index contributed by atoms with van der Waals surface area (Å²) in [5.74, 6) is -0.236. The first-order chi connectivity index (χ1) is 6.84. The van der Waals surface area contributed by atoms with Crippen LogP contribution in [0.25, 0.3) is 0 Å². The molecule has 5 N–H and O–H groups in total. The molecule has 1 heterocycles. The van der Waals surface area contributed by atoms with Crippen LogP contribution in [0.3, 0.4) is 0 Å². The average molecular weight is 231 g/mol. The Balaban J connectivity index is 2.96. The average Bonchev–Trinajstić information content (AvgIpc) is 2.50. The molecule has 8 heteroatoms. The van der Waals surface area contributed by atoms with Crippen LogP contribution in [-0.2, 0) is 10.0 Å². The van der Waals surface area contributed by atoms with Crippen molar-refractivity contribution in [1.29, 1.82) is 5.41 Å². The van der Waals surface area contributed by atoms with E-state index in [4.69, 9.17) is 11.1 Å². The summed E-state index contributed by atoms with van der Waals surface area (Å²) in [4.78, 5) is 0.0654. The van der Waals surface area contributed by atoms with Crippen molar-refractivity contribution in [2.24, 2.45) is 5.73 Å². The first-order valence-corrected chi connectivity index (χ1v) is 5.69. The van der Waals surface area contributed by atoms with Gasteiger partial charge in [0.05, 0.1) is 17.9 Å². The van der Waals surface area contributed by atoms with Gasteiger partial charge < -0.3 is 5.73 Å². The lowest BCUT2D eigenvalue weighted by molar-refractivity contribution is 0.577. The zero-order valence-corrected chi connectivity index (χ0v) is 9.22. The molecule has 1 atom stereocenters. The standard InChI is InChI=1S/C7H13N5O2S/c1-4-6(3-10-11-4)15(13,14)12-5(2)7(8)9/h3,5,12H,1-2H3,(H3,8,9)(H,10,11). The Morgan fingerprint density at radius 1 is 1.73 bits per heavy atom. The van der Waals surface area contributed by atoms with Crippen molar-refractivity contribution in [3.63, 3.8) is 0 Å². The molecule has 0 spiro atoms.